The molecule has 0 atom stereocenters. The molecule has 1 fully saturated rings. The molecule has 0 bridgehead atoms. The molecule has 11 heteroatoms. The summed E-state index contributed by atoms with van der Waals surface area (Å²) in [5, 5.41) is 7.09. The molecule has 0 radical (unpaired) electrons. The van der Waals surface area contributed by atoms with Crippen LogP contribution in [0.15, 0.2) is 48.5 Å². The first-order chi connectivity index (χ1) is 21.4. The summed E-state index contributed by atoms with van der Waals surface area (Å²) in [7, 11) is 4.09. The number of hydrogen-bond donors (Lipinski definition) is 2. The lowest BCUT2D eigenvalue weighted by Gasteiger charge is -2.41. The van der Waals surface area contributed by atoms with Crippen molar-refractivity contribution in [3.63, 3.8) is 0 Å². The van der Waals surface area contributed by atoms with Crippen LogP contribution in [0.3, 0.4) is 0 Å². The molecular weight excluding hydrogens is 570 g/mol. The number of ether oxygens (including phenoxy) is 1. The molecule has 11 nitrogen and oxygen atoms in total. The largest absolute Gasteiger partial charge is 0.444 e. The number of imidazole rings is 1. The van der Waals surface area contributed by atoms with Crippen molar-refractivity contribution in [1.82, 2.24) is 29.2 Å². The highest BCUT2D eigenvalue weighted by molar-refractivity contribution is 6.07. The topological polar surface area (TPSA) is 114 Å². The minimum absolute atomic E-state index is 0.130. The average Bonchev–Trinajstić information content (AvgIpc) is 3.48. The second kappa shape index (κ2) is 11.8. The minimum atomic E-state index is -0.551. The van der Waals surface area contributed by atoms with Crippen LogP contribution in [0.2, 0.25) is 0 Å². The summed E-state index contributed by atoms with van der Waals surface area (Å²) in [6.45, 7) is 9.51. The first kappa shape index (κ1) is 30.6. The van der Waals surface area contributed by atoms with Crippen LogP contribution in [0, 0.1) is 5.41 Å². The maximum absolute atomic E-state index is 13.7. The van der Waals surface area contributed by atoms with E-state index < -0.39 is 5.60 Å². The van der Waals surface area contributed by atoms with Crippen LogP contribution in [0.4, 0.5) is 10.7 Å². The SMILES string of the molecule is CN(C)CCCn1c(NC(=O)c2ccc3cc4n(c3c2)CC2(CCN(C(=O)OC(C)(C)C)CC2)CNC4=O)nc2ccccc21. The van der Waals surface area contributed by atoms with Gasteiger partial charge in [-0.05, 0) is 91.0 Å². The van der Waals surface area contributed by atoms with Gasteiger partial charge in [-0.1, -0.05) is 18.2 Å². The number of piperidine rings is 1. The Kier molecular flexibility index (Phi) is 8.07. The van der Waals surface area contributed by atoms with Gasteiger partial charge in [-0.25, -0.2) is 9.78 Å². The number of benzene rings is 2. The number of likely N-dealkylation sites (tertiary alicyclic amines) is 1. The van der Waals surface area contributed by atoms with Gasteiger partial charge in [0.05, 0.1) is 11.0 Å². The third kappa shape index (κ3) is 6.40. The highest BCUT2D eigenvalue weighted by Crippen LogP contribution is 2.37. The molecule has 2 aromatic heterocycles. The van der Waals surface area contributed by atoms with E-state index in [2.05, 4.69) is 20.1 Å². The highest BCUT2D eigenvalue weighted by Gasteiger charge is 2.40. The summed E-state index contributed by atoms with van der Waals surface area (Å²) in [4.78, 5) is 48.2. The van der Waals surface area contributed by atoms with Crippen molar-refractivity contribution in [3.05, 3.63) is 59.8 Å². The van der Waals surface area contributed by atoms with Gasteiger partial charge in [0, 0.05) is 54.6 Å². The van der Waals surface area contributed by atoms with Crippen LogP contribution in [0.25, 0.3) is 21.9 Å². The van der Waals surface area contributed by atoms with E-state index in [1.54, 1.807) is 11.0 Å². The standard InChI is InChI=1S/C34H43N7O4/c1-33(2,3)45-32(44)39-17-13-34(14-18-39)21-35-30(43)28-19-23-11-12-24(20-27(23)41(28)22-34)29(42)37-31-36-25-9-6-7-10-26(25)40(31)16-8-15-38(4)5/h6-7,9-12,19-20H,8,13-18,21-22H2,1-5H3,(H,35,43)(H,36,37,42). The lowest BCUT2D eigenvalue weighted by molar-refractivity contribution is 0.00838. The number of fused-ring (bicyclic) bond motifs is 4. The van der Waals surface area contributed by atoms with Crippen molar-refractivity contribution in [2.24, 2.45) is 5.41 Å². The molecule has 3 amide bonds. The number of nitrogens with one attached hydrogen (secondary N) is 2. The van der Waals surface area contributed by atoms with Crippen molar-refractivity contribution < 1.29 is 19.1 Å². The van der Waals surface area contributed by atoms with E-state index in [4.69, 9.17) is 9.72 Å². The maximum atomic E-state index is 13.7. The van der Waals surface area contributed by atoms with Gasteiger partial charge >= 0.3 is 6.09 Å². The molecule has 238 valence electrons. The van der Waals surface area contributed by atoms with Gasteiger partial charge in [0.25, 0.3) is 11.8 Å². The monoisotopic (exact) mass is 613 g/mol. The molecule has 2 aliphatic rings. The van der Waals surface area contributed by atoms with E-state index in [1.165, 1.54) is 0 Å². The normalized spacial score (nSPS) is 16.6. The van der Waals surface area contributed by atoms with E-state index >= 15 is 0 Å². The summed E-state index contributed by atoms with van der Waals surface area (Å²) >= 11 is 0. The zero-order valence-corrected chi connectivity index (χ0v) is 26.9. The van der Waals surface area contributed by atoms with E-state index in [-0.39, 0.29) is 23.3 Å². The molecule has 0 unspecified atom stereocenters. The van der Waals surface area contributed by atoms with Crippen LogP contribution >= 0.6 is 0 Å². The minimum Gasteiger partial charge on any atom is -0.444 e. The highest BCUT2D eigenvalue weighted by atomic mass is 16.6. The van der Waals surface area contributed by atoms with Crippen molar-refractivity contribution in [2.45, 2.75) is 58.7 Å². The van der Waals surface area contributed by atoms with Crippen LogP contribution in [0.5, 0.6) is 0 Å². The van der Waals surface area contributed by atoms with Crippen LogP contribution in [-0.4, -0.2) is 87.7 Å². The average molecular weight is 614 g/mol. The number of carbonyl (C=O) groups is 3. The Hall–Kier alpha value is -4.38. The van der Waals surface area contributed by atoms with Crippen molar-refractivity contribution >= 4 is 45.8 Å². The fourth-order valence-electron chi connectivity index (χ4n) is 6.44. The molecule has 2 N–H and O–H groups in total. The molecule has 1 saturated heterocycles. The van der Waals surface area contributed by atoms with Crippen LogP contribution in [0.1, 0.15) is 60.9 Å². The van der Waals surface area contributed by atoms with Gasteiger partial charge in [0.15, 0.2) is 0 Å². The van der Waals surface area contributed by atoms with Gasteiger partial charge in [-0.2, -0.15) is 0 Å². The molecule has 2 aliphatic heterocycles. The van der Waals surface area contributed by atoms with Crippen molar-refractivity contribution in [1.29, 1.82) is 0 Å². The second-order valence-electron chi connectivity index (χ2n) is 13.7. The Morgan fingerprint density at radius 3 is 2.56 bits per heavy atom. The number of anilines is 1. The first-order valence-electron chi connectivity index (χ1n) is 15.7. The summed E-state index contributed by atoms with van der Waals surface area (Å²) in [6.07, 6.45) is 2.08. The molecule has 0 aliphatic carbocycles. The third-order valence-corrected chi connectivity index (χ3v) is 8.86. The number of rotatable bonds is 6. The molecule has 4 aromatic rings. The lowest BCUT2D eigenvalue weighted by atomic mass is 9.78. The van der Waals surface area contributed by atoms with Crippen LogP contribution < -0.4 is 10.6 Å². The third-order valence-electron chi connectivity index (χ3n) is 8.86. The number of amides is 3. The van der Waals surface area contributed by atoms with Gasteiger partial charge in [-0.3, -0.25) is 14.9 Å². The fraction of sp³-hybridized carbons (Fsp3) is 0.471. The van der Waals surface area contributed by atoms with E-state index in [0.29, 0.717) is 43.4 Å². The zero-order chi connectivity index (χ0) is 31.9. The molecule has 2 aromatic carbocycles. The molecule has 45 heavy (non-hydrogen) atoms. The van der Waals surface area contributed by atoms with Gasteiger partial charge < -0.3 is 29.0 Å². The molecular formula is C34H43N7O4. The Morgan fingerprint density at radius 2 is 1.82 bits per heavy atom. The molecule has 1 spiro atoms. The predicted octanol–water partition coefficient (Wildman–Crippen LogP) is 4.96. The number of hydrogen-bond acceptors (Lipinski definition) is 6. The molecule has 0 saturated carbocycles. The number of nitrogens with zero attached hydrogens (tertiary/aromatic N) is 5. The number of carbonyl (C=O) groups excluding carboxylic acids is 3. The number of para-hydroxylation sites is 2. The van der Waals surface area contributed by atoms with Gasteiger partial charge in [0.2, 0.25) is 5.95 Å². The Labute approximate surface area is 263 Å². The Bertz CT molecular complexity index is 1760. The predicted molar refractivity (Wildman–Crippen MR) is 175 cm³/mol. The quantitative estimate of drug-likeness (QED) is 0.318. The number of aryl methyl sites for hydroxylation is 1. The van der Waals surface area contributed by atoms with E-state index in [1.807, 2.05) is 81.9 Å². The maximum Gasteiger partial charge on any atom is 0.410 e. The fourth-order valence-corrected chi connectivity index (χ4v) is 6.44. The second-order valence-corrected chi connectivity index (χ2v) is 13.7. The van der Waals surface area contributed by atoms with Crippen LogP contribution in [-0.2, 0) is 17.8 Å². The van der Waals surface area contributed by atoms with Gasteiger partial charge in [0.1, 0.15) is 11.3 Å². The summed E-state index contributed by atoms with van der Waals surface area (Å²) in [5.41, 5.74) is 2.95. The lowest BCUT2D eigenvalue weighted by Crippen LogP contribution is -2.49. The van der Waals surface area contributed by atoms with E-state index in [9.17, 15) is 14.4 Å². The Balaban J connectivity index is 1.25. The van der Waals surface area contributed by atoms with Crippen molar-refractivity contribution in [2.75, 3.05) is 45.6 Å². The summed E-state index contributed by atoms with van der Waals surface area (Å²) in [6, 6.07) is 15.4. The smallest absolute Gasteiger partial charge is 0.410 e. The molecule has 6 rings (SSSR count). The van der Waals surface area contributed by atoms with Crippen molar-refractivity contribution in [3.8, 4) is 0 Å². The zero-order valence-electron chi connectivity index (χ0n) is 26.9. The number of aromatic nitrogens is 3. The Morgan fingerprint density at radius 1 is 1.07 bits per heavy atom. The summed E-state index contributed by atoms with van der Waals surface area (Å²) in [5.74, 6) is 0.134. The van der Waals surface area contributed by atoms with E-state index in [0.717, 1.165) is 54.3 Å². The molecule has 4 heterocycles. The first-order valence-corrected chi connectivity index (χ1v) is 15.7. The summed E-state index contributed by atoms with van der Waals surface area (Å²) < 4.78 is 9.71. The van der Waals surface area contributed by atoms with Gasteiger partial charge in [-0.15, -0.1) is 0 Å².